The molecule has 2 aromatic carbocycles. The second kappa shape index (κ2) is 6.25. The molecule has 2 amide bonds. The lowest BCUT2D eigenvalue weighted by Gasteiger charge is -2.38. The highest BCUT2D eigenvalue weighted by Gasteiger charge is 2.48. The third-order valence-electron chi connectivity index (χ3n) is 4.50. The summed E-state index contributed by atoms with van der Waals surface area (Å²) in [7, 11) is 0. The Morgan fingerprint density at radius 1 is 1.23 bits per heavy atom. The highest BCUT2D eigenvalue weighted by atomic mass is 32.2. The molecule has 2 aliphatic rings. The fourth-order valence-corrected chi connectivity index (χ4v) is 4.29. The molecule has 0 aromatic heterocycles. The van der Waals surface area contributed by atoms with Crippen LogP contribution in [0.25, 0.3) is 0 Å². The van der Waals surface area contributed by atoms with Gasteiger partial charge in [-0.05, 0) is 38.1 Å². The fraction of sp³-hybridized carbons (Fsp3) is 0.263. The molecular formula is C19H18N2O4S. The van der Waals surface area contributed by atoms with Crippen molar-refractivity contribution in [3.05, 3.63) is 42.5 Å². The quantitative estimate of drug-likeness (QED) is 0.840. The van der Waals surface area contributed by atoms with Gasteiger partial charge < -0.3 is 19.7 Å². The zero-order valence-electron chi connectivity index (χ0n) is 14.4. The van der Waals surface area contributed by atoms with E-state index in [0.29, 0.717) is 23.7 Å². The van der Waals surface area contributed by atoms with Crippen molar-refractivity contribution in [2.75, 3.05) is 23.6 Å². The molecule has 134 valence electrons. The van der Waals surface area contributed by atoms with Gasteiger partial charge in [0, 0.05) is 23.2 Å². The number of amides is 2. The second-order valence-electron chi connectivity index (χ2n) is 6.17. The Kier molecular flexibility index (Phi) is 4.03. The summed E-state index contributed by atoms with van der Waals surface area (Å²) in [6.07, 6.45) is 0. The van der Waals surface area contributed by atoms with Gasteiger partial charge in [0.15, 0.2) is 16.2 Å². The van der Waals surface area contributed by atoms with Gasteiger partial charge in [0.1, 0.15) is 0 Å². The Labute approximate surface area is 155 Å². The number of benzene rings is 2. The predicted molar refractivity (Wildman–Crippen MR) is 99.9 cm³/mol. The lowest BCUT2D eigenvalue weighted by molar-refractivity contribution is -0.128. The van der Waals surface area contributed by atoms with Crippen molar-refractivity contribution in [3.63, 3.8) is 0 Å². The molecule has 0 saturated carbocycles. The molecule has 7 heteroatoms. The minimum absolute atomic E-state index is 0.168. The molecule has 1 N–H and O–H groups in total. The Morgan fingerprint density at radius 3 is 2.81 bits per heavy atom. The zero-order valence-corrected chi connectivity index (χ0v) is 15.3. The van der Waals surface area contributed by atoms with E-state index < -0.39 is 4.75 Å². The van der Waals surface area contributed by atoms with Gasteiger partial charge in [0.25, 0.3) is 5.91 Å². The molecule has 2 aliphatic heterocycles. The van der Waals surface area contributed by atoms with Crippen LogP contribution in [0.5, 0.6) is 11.5 Å². The largest absolute Gasteiger partial charge is 0.454 e. The zero-order chi connectivity index (χ0) is 18.3. The van der Waals surface area contributed by atoms with Gasteiger partial charge >= 0.3 is 0 Å². The van der Waals surface area contributed by atoms with Crippen molar-refractivity contribution in [3.8, 4) is 11.5 Å². The van der Waals surface area contributed by atoms with E-state index in [1.54, 1.807) is 30.0 Å². The van der Waals surface area contributed by atoms with Crippen LogP contribution in [0, 0.1) is 0 Å². The number of fused-ring (bicyclic) bond motifs is 2. The summed E-state index contributed by atoms with van der Waals surface area (Å²) in [6, 6.07) is 12.8. The molecule has 0 fully saturated rings. The molecule has 0 bridgehead atoms. The van der Waals surface area contributed by atoms with E-state index in [9.17, 15) is 9.59 Å². The van der Waals surface area contributed by atoms with Crippen LogP contribution in [0.3, 0.4) is 0 Å². The van der Waals surface area contributed by atoms with Gasteiger partial charge in [-0.2, -0.15) is 0 Å². The Balaban J connectivity index is 1.63. The van der Waals surface area contributed by atoms with Gasteiger partial charge in [0.05, 0.1) is 5.69 Å². The molecule has 1 atom stereocenters. The Morgan fingerprint density at radius 2 is 2.00 bits per heavy atom. The van der Waals surface area contributed by atoms with Crippen LogP contribution in [-0.4, -0.2) is 29.9 Å². The number of hydrogen-bond acceptors (Lipinski definition) is 5. The fourth-order valence-electron chi connectivity index (χ4n) is 3.08. The number of nitrogens with zero attached hydrogens (tertiary/aromatic N) is 1. The first-order valence-electron chi connectivity index (χ1n) is 8.34. The van der Waals surface area contributed by atoms with E-state index in [0.717, 1.165) is 10.6 Å². The van der Waals surface area contributed by atoms with Crippen molar-refractivity contribution in [1.29, 1.82) is 0 Å². The molecule has 0 aliphatic carbocycles. The molecular weight excluding hydrogens is 352 g/mol. The standard InChI is InChI=1S/C19H18N2O4S/c1-3-21-13-6-4-5-7-16(13)26-19(2,18(21)23)17(22)20-12-8-9-14-15(10-12)25-11-24-14/h4-10H,3,11H2,1-2H3,(H,20,22). The van der Waals surface area contributed by atoms with Crippen molar-refractivity contribution in [1.82, 2.24) is 0 Å². The maximum atomic E-state index is 13.1. The Hall–Kier alpha value is -2.67. The maximum absolute atomic E-state index is 13.1. The average Bonchev–Trinajstić information content (AvgIpc) is 3.10. The smallest absolute Gasteiger partial charge is 0.252 e. The summed E-state index contributed by atoms with van der Waals surface area (Å²) >= 11 is 1.28. The van der Waals surface area contributed by atoms with Crippen molar-refractivity contribution < 1.29 is 19.1 Å². The number of anilines is 2. The third kappa shape index (κ3) is 2.59. The van der Waals surface area contributed by atoms with E-state index in [4.69, 9.17) is 9.47 Å². The minimum Gasteiger partial charge on any atom is -0.454 e. The number of carbonyl (C=O) groups excluding carboxylic acids is 2. The number of para-hydroxylation sites is 1. The van der Waals surface area contributed by atoms with Crippen molar-refractivity contribution >= 4 is 35.0 Å². The number of thioether (sulfide) groups is 1. The SMILES string of the molecule is CCN1C(=O)C(C)(C(=O)Nc2ccc3c(c2)OCO3)Sc2ccccc21. The van der Waals surface area contributed by atoms with Crippen molar-refractivity contribution in [2.45, 2.75) is 23.5 Å². The normalized spacial score (nSPS) is 20.7. The topological polar surface area (TPSA) is 67.9 Å². The van der Waals surface area contributed by atoms with E-state index >= 15 is 0 Å². The van der Waals surface area contributed by atoms with Crippen LogP contribution in [-0.2, 0) is 9.59 Å². The summed E-state index contributed by atoms with van der Waals surface area (Å²) in [5, 5.41) is 2.84. The maximum Gasteiger partial charge on any atom is 0.252 e. The van der Waals surface area contributed by atoms with E-state index in [1.807, 2.05) is 31.2 Å². The van der Waals surface area contributed by atoms with Crippen LogP contribution in [0.2, 0.25) is 0 Å². The Bertz CT molecular complexity index is 901. The number of carbonyl (C=O) groups is 2. The number of ether oxygens (including phenoxy) is 2. The first-order chi connectivity index (χ1) is 12.5. The lowest BCUT2D eigenvalue weighted by atomic mass is 10.1. The van der Waals surface area contributed by atoms with Gasteiger partial charge in [-0.1, -0.05) is 23.9 Å². The molecule has 2 aromatic rings. The minimum atomic E-state index is -1.25. The molecule has 26 heavy (non-hydrogen) atoms. The molecule has 4 rings (SSSR count). The monoisotopic (exact) mass is 370 g/mol. The van der Waals surface area contributed by atoms with Crippen LogP contribution in [0.1, 0.15) is 13.8 Å². The first-order valence-corrected chi connectivity index (χ1v) is 9.15. The predicted octanol–water partition coefficient (Wildman–Crippen LogP) is 3.27. The molecule has 1 unspecified atom stereocenters. The average molecular weight is 370 g/mol. The summed E-state index contributed by atoms with van der Waals surface area (Å²) < 4.78 is 9.37. The second-order valence-corrected chi connectivity index (χ2v) is 7.64. The molecule has 0 saturated heterocycles. The van der Waals surface area contributed by atoms with E-state index in [1.165, 1.54) is 11.8 Å². The van der Waals surface area contributed by atoms with Gasteiger partial charge in [-0.15, -0.1) is 0 Å². The van der Waals surface area contributed by atoms with E-state index in [2.05, 4.69) is 5.32 Å². The number of nitrogens with one attached hydrogen (secondary N) is 1. The molecule has 6 nitrogen and oxygen atoms in total. The van der Waals surface area contributed by atoms with E-state index in [-0.39, 0.29) is 18.6 Å². The summed E-state index contributed by atoms with van der Waals surface area (Å²) in [5.74, 6) is 0.640. The summed E-state index contributed by atoms with van der Waals surface area (Å²) in [5.41, 5.74) is 1.41. The van der Waals surface area contributed by atoms with Gasteiger partial charge in [-0.25, -0.2) is 0 Å². The number of rotatable bonds is 3. The molecule has 2 heterocycles. The van der Waals surface area contributed by atoms with Gasteiger partial charge in [0.2, 0.25) is 12.7 Å². The van der Waals surface area contributed by atoms with Crippen LogP contribution >= 0.6 is 11.8 Å². The molecule has 0 radical (unpaired) electrons. The van der Waals surface area contributed by atoms with Crippen LogP contribution in [0.15, 0.2) is 47.4 Å². The third-order valence-corrected chi connectivity index (χ3v) is 5.84. The lowest BCUT2D eigenvalue weighted by Crippen LogP contribution is -2.54. The van der Waals surface area contributed by atoms with Crippen LogP contribution in [0.4, 0.5) is 11.4 Å². The van der Waals surface area contributed by atoms with Gasteiger partial charge in [-0.3, -0.25) is 9.59 Å². The highest BCUT2D eigenvalue weighted by Crippen LogP contribution is 2.46. The van der Waals surface area contributed by atoms with Crippen LogP contribution < -0.4 is 19.7 Å². The first kappa shape index (κ1) is 16.8. The number of hydrogen-bond donors (Lipinski definition) is 1. The molecule has 0 spiro atoms. The van der Waals surface area contributed by atoms with Crippen molar-refractivity contribution in [2.24, 2.45) is 0 Å². The summed E-state index contributed by atoms with van der Waals surface area (Å²) in [4.78, 5) is 28.7. The highest BCUT2D eigenvalue weighted by molar-refractivity contribution is 8.02. The summed E-state index contributed by atoms with van der Waals surface area (Å²) in [6.45, 7) is 4.24.